The Kier molecular flexibility index (Phi) is 5.79. The summed E-state index contributed by atoms with van der Waals surface area (Å²) in [5.74, 6) is 3.77. The van der Waals surface area contributed by atoms with E-state index in [0.717, 1.165) is 48.7 Å². The van der Waals surface area contributed by atoms with Gasteiger partial charge >= 0.3 is 6.18 Å². The average molecular weight is 427 g/mol. The van der Waals surface area contributed by atoms with Gasteiger partial charge in [-0.25, -0.2) is 4.68 Å². The van der Waals surface area contributed by atoms with Crippen LogP contribution < -0.4 is 11.2 Å². The number of anilines is 1. The number of nitrogen functional groups attached to an aromatic ring is 1. The molecular formula is C17H20F3N7OS. The van der Waals surface area contributed by atoms with Gasteiger partial charge < -0.3 is 15.7 Å². The van der Waals surface area contributed by atoms with Gasteiger partial charge in [-0.1, -0.05) is 24.6 Å². The minimum Gasteiger partial charge on any atom is -0.335 e. The van der Waals surface area contributed by atoms with E-state index in [9.17, 15) is 23.2 Å². The highest BCUT2D eigenvalue weighted by Crippen LogP contribution is 2.38. The predicted molar refractivity (Wildman–Crippen MR) is 101 cm³/mol. The topological polar surface area (TPSA) is 115 Å². The Bertz CT molecular complexity index is 967. The van der Waals surface area contributed by atoms with Crippen molar-refractivity contribution in [3.8, 4) is 6.07 Å². The number of halogens is 3. The lowest BCUT2D eigenvalue weighted by Gasteiger charge is -2.19. The summed E-state index contributed by atoms with van der Waals surface area (Å²) in [6, 6.07) is 2.35. The van der Waals surface area contributed by atoms with Gasteiger partial charge in [-0.05, 0) is 32.3 Å². The highest BCUT2D eigenvalue weighted by atomic mass is 32.2. The number of carbonyl (C=O) groups is 1. The molecule has 3 rings (SSSR count). The summed E-state index contributed by atoms with van der Waals surface area (Å²) in [4.78, 5) is 12.5. The van der Waals surface area contributed by atoms with Gasteiger partial charge in [0.25, 0.3) is 5.82 Å². The maximum atomic E-state index is 12.7. The second-order valence-electron chi connectivity index (χ2n) is 6.86. The van der Waals surface area contributed by atoms with Crippen LogP contribution in [-0.2, 0) is 11.0 Å². The molecule has 2 aromatic heterocycles. The van der Waals surface area contributed by atoms with Gasteiger partial charge in [-0.2, -0.15) is 18.4 Å². The Labute approximate surface area is 169 Å². The number of amides is 1. The summed E-state index contributed by atoms with van der Waals surface area (Å²) in [6.45, 7) is 3.74. The van der Waals surface area contributed by atoms with E-state index in [1.54, 1.807) is 0 Å². The van der Waals surface area contributed by atoms with Crippen molar-refractivity contribution < 1.29 is 18.0 Å². The van der Waals surface area contributed by atoms with E-state index in [1.807, 2.05) is 18.4 Å². The zero-order chi connectivity index (χ0) is 21.3. The number of thioether (sulfide) groups is 1. The molecule has 0 bridgehead atoms. The van der Waals surface area contributed by atoms with Gasteiger partial charge in [0, 0.05) is 11.7 Å². The lowest BCUT2D eigenvalue weighted by Crippen LogP contribution is -2.22. The quantitative estimate of drug-likeness (QED) is 0.560. The molecule has 0 unspecified atom stereocenters. The van der Waals surface area contributed by atoms with Crippen LogP contribution in [0.3, 0.4) is 0 Å². The normalized spacial score (nSPS) is 14.9. The molecule has 0 radical (unpaired) electrons. The van der Waals surface area contributed by atoms with Crippen LogP contribution in [-0.4, -0.2) is 31.1 Å². The van der Waals surface area contributed by atoms with Crippen LogP contribution >= 0.6 is 11.8 Å². The third-order valence-electron chi connectivity index (χ3n) is 5.07. The minimum atomic E-state index is -4.73. The summed E-state index contributed by atoms with van der Waals surface area (Å²) in [5.41, 5.74) is 2.13. The molecule has 1 saturated carbocycles. The Hall–Kier alpha value is -2.68. The first kappa shape index (κ1) is 21.0. The number of nitriles is 1. The first-order valence-corrected chi connectivity index (χ1v) is 9.95. The summed E-state index contributed by atoms with van der Waals surface area (Å²) in [7, 11) is 0. The van der Waals surface area contributed by atoms with E-state index in [4.69, 9.17) is 5.84 Å². The minimum absolute atomic E-state index is 0.209. The molecule has 29 heavy (non-hydrogen) atoms. The molecule has 3 N–H and O–H groups in total. The molecule has 1 amide bonds. The average Bonchev–Trinajstić information content (AvgIpc) is 3.34. The summed E-state index contributed by atoms with van der Waals surface area (Å²) < 4.78 is 40.5. The number of nitrogens with one attached hydrogen (secondary N) is 1. The van der Waals surface area contributed by atoms with Crippen LogP contribution in [0.15, 0.2) is 5.16 Å². The van der Waals surface area contributed by atoms with Gasteiger partial charge in [0.1, 0.15) is 11.9 Å². The fourth-order valence-corrected chi connectivity index (χ4v) is 4.23. The highest BCUT2D eigenvalue weighted by molar-refractivity contribution is 7.99. The van der Waals surface area contributed by atoms with Gasteiger partial charge in [0.2, 0.25) is 11.1 Å². The van der Waals surface area contributed by atoms with Crippen molar-refractivity contribution in [2.75, 3.05) is 16.9 Å². The van der Waals surface area contributed by atoms with Gasteiger partial charge in [0.05, 0.1) is 11.3 Å². The predicted octanol–water partition coefficient (Wildman–Crippen LogP) is 3.15. The van der Waals surface area contributed by atoms with Crippen LogP contribution in [0.2, 0.25) is 0 Å². The van der Waals surface area contributed by atoms with Crippen molar-refractivity contribution in [1.82, 2.24) is 19.4 Å². The van der Waals surface area contributed by atoms with Gasteiger partial charge in [0.15, 0.2) is 0 Å². The van der Waals surface area contributed by atoms with Crippen LogP contribution in [0.1, 0.15) is 54.4 Å². The Balaban J connectivity index is 1.77. The molecule has 156 valence electrons. The molecule has 0 saturated heterocycles. The molecule has 2 aromatic rings. The van der Waals surface area contributed by atoms with E-state index in [0.29, 0.717) is 16.1 Å². The Morgan fingerprint density at radius 2 is 2.00 bits per heavy atom. The molecule has 0 atom stereocenters. The van der Waals surface area contributed by atoms with Gasteiger partial charge in [-0.3, -0.25) is 4.79 Å². The molecule has 0 spiro atoms. The van der Waals surface area contributed by atoms with Crippen molar-refractivity contribution in [3.63, 3.8) is 0 Å². The second-order valence-corrected chi connectivity index (χ2v) is 7.81. The van der Waals surface area contributed by atoms with Crippen LogP contribution in [0.5, 0.6) is 0 Å². The number of hydrogen-bond donors (Lipinski definition) is 2. The van der Waals surface area contributed by atoms with Gasteiger partial charge in [-0.15, -0.1) is 10.2 Å². The van der Waals surface area contributed by atoms with Crippen LogP contribution in [0.4, 0.5) is 19.0 Å². The Morgan fingerprint density at radius 1 is 1.34 bits per heavy atom. The molecule has 8 nitrogen and oxygen atoms in total. The standard InChI is InChI=1S/C17H20F3N7OS/c1-9-10(2)26(11-5-3-4-6-11)14(12(9)7-21)23-13(28)8-29-16-25-24-15(27(16)22)17(18,19)20/h11H,3-6,8,22H2,1-2H3,(H,23,28). The number of rotatable bonds is 5. The first-order chi connectivity index (χ1) is 13.6. The molecule has 1 aliphatic rings. The van der Waals surface area contributed by atoms with E-state index >= 15 is 0 Å². The lowest BCUT2D eigenvalue weighted by molar-refractivity contribution is -0.146. The number of hydrogen-bond acceptors (Lipinski definition) is 6. The summed E-state index contributed by atoms with van der Waals surface area (Å²) in [5, 5.41) is 18.5. The zero-order valence-corrected chi connectivity index (χ0v) is 16.7. The third kappa shape index (κ3) is 4.05. The van der Waals surface area contributed by atoms with E-state index in [2.05, 4.69) is 21.6 Å². The summed E-state index contributed by atoms with van der Waals surface area (Å²) in [6.07, 6.45) is -0.635. The molecule has 1 fully saturated rings. The maximum Gasteiger partial charge on any atom is 0.453 e. The number of aromatic nitrogens is 4. The molecular weight excluding hydrogens is 407 g/mol. The van der Waals surface area contributed by atoms with Crippen molar-refractivity contribution in [1.29, 1.82) is 5.26 Å². The number of nitrogens with two attached hydrogens (primary N) is 1. The molecule has 12 heteroatoms. The van der Waals surface area contributed by atoms with E-state index in [1.165, 1.54) is 0 Å². The fourth-order valence-electron chi connectivity index (χ4n) is 3.57. The number of alkyl halides is 3. The molecule has 1 aliphatic carbocycles. The van der Waals surface area contributed by atoms with E-state index < -0.39 is 17.9 Å². The Morgan fingerprint density at radius 3 is 2.55 bits per heavy atom. The first-order valence-electron chi connectivity index (χ1n) is 8.97. The lowest BCUT2D eigenvalue weighted by atomic mass is 10.2. The number of nitrogens with zero attached hydrogens (tertiary/aromatic N) is 5. The van der Waals surface area contributed by atoms with Crippen LogP contribution in [0.25, 0.3) is 0 Å². The SMILES string of the molecule is Cc1c(C#N)c(NC(=O)CSc2nnc(C(F)(F)F)n2N)n(C2CCCC2)c1C. The van der Waals surface area contributed by atoms with E-state index in [-0.39, 0.29) is 17.0 Å². The molecule has 2 heterocycles. The van der Waals surface area contributed by atoms with Crippen molar-refractivity contribution >= 4 is 23.5 Å². The van der Waals surface area contributed by atoms with Crippen molar-refractivity contribution in [2.24, 2.45) is 0 Å². The fraction of sp³-hybridized carbons (Fsp3) is 0.529. The second kappa shape index (κ2) is 7.98. The highest BCUT2D eigenvalue weighted by Gasteiger charge is 2.38. The molecule has 0 aliphatic heterocycles. The van der Waals surface area contributed by atoms with Crippen molar-refractivity contribution in [3.05, 3.63) is 22.6 Å². The molecule has 0 aromatic carbocycles. The zero-order valence-electron chi connectivity index (χ0n) is 15.9. The summed E-state index contributed by atoms with van der Waals surface area (Å²) >= 11 is 0.734. The monoisotopic (exact) mass is 427 g/mol. The number of carbonyl (C=O) groups excluding carboxylic acids is 1. The smallest absolute Gasteiger partial charge is 0.335 e. The van der Waals surface area contributed by atoms with Crippen molar-refractivity contribution in [2.45, 2.75) is 56.9 Å². The largest absolute Gasteiger partial charge is 0.453 e. The maximum absolute atomic E-state index is 12.7. The van der Waals surface area contributed by atoms with Crippen LogP contribution in [0, 0.1) is 25.2 Å². The third-order valence-corrected chi connectivity index (χ3v) is 6.01.